The van der Waals surface area contributed by atoms with Gasteiger partial charge in [-0.2, -0.15) is 11.8 Å². The molecule has 1 aromatic heterocycles. The van der Waals surface area contributed by atoms with Crippen molar-refractivity contribution in [1.29, 1.82) is 0 Å². The molecule has 0 spiro atoms. The number of benzene rings is 1. The van der Waals surface area contributed by atoms with E-state index in [2.05, 4.69) is 10.3 Å². The maximum absolute atomic E-state index is 12.4. The standard InChI is InChI=1S/C15H17ClN2O2S/c1-9(13(8-19)21-2)18-15(20)12-7-17-14(16)11-6-4-3-5-10(11)12/h3-7,9,13,19H,8H2,1-2H3,(H,18,20). The molecule has 1 amide bonds. The average molecular weight is 325 g/mol. The van der Waals surface area contributed by atoms with Crippen LogP contribution in [0.2, 0.25) is 5.15 Å². The SMILES string of the molecule is CSC(CO)C(C)NC(=O)c1cnc(Cl)c2ccccc12. The zero-order chi connectivity index (χ0) is 15.4. The molecule has 112 valence electrons. The zero-order valence-electron chi connectivity index (χ0n) is 11.8. The molecule has 2 atom stereocenters. The van der Waals surface area contributed by atoms with E-state index in [4.69, 9.17) is 11.6 Å². The second-order valence-corrected chi connectivity index (χ2v) is 6.16. The highest BCUT2D eigenvalue weighted by Crippen LogP contribution is 2.24. The number of aliphatic hydroxyl groups is 1. The van der Waals surface area contributed by atoms with Crippen LogP contribution in [0.15, 0.2) is 30.5 Å². The molecule has 2 rings (SSSR count). The predicted molar refractivity (Wildman–Crippen MR) is 88.1 cm³/mol. The third-order valence-electron chi connectivity index (χ3n) is 3.39. The van der Waals surface area contributed by atoms with E-state index in [-0.39, 0.29) is 23.8 Å². The Morgan fingerprint density at radius 1 is 1.43 bits per heavy atom. The van der Waals surface area contributed by atoms with Crippen molar-refractivity contribution in [3.05, 3.63) is 41.2 Å². The van der Waals surface area contributed by atoms with E-state index >= 15 is 0 Å². The van der Waals surface area contributed by atoms with Crippen LogP contribution in [0.5, 0.6) is 0 Å². The Morgan fingerprint density at radius 2 is 2.10 bits per heavy atom. The fourth-order valence-electron chi connectivity index (χ4n) is 2.15. The van der Waals surface area contributed by atoms with Gasteiger partial charge >= 0.3 is 0 Å². The highest BCUT2D eigenvalue weighted by atomic mass is 35.5. The Hall–Kier alpha value is -1.30. The molecule has 0 aliphatic rings. The number of pyridine rings is 1. The second-order valence-electron chi connectivity index (χ2n) is 4.73. The molecule has 2 aromatic rings. The molecular weight excluding hydrogens is 308 g/mol. The summed E-state index contributed by atoms with van der Waals surface area (Å²) in [5.74, 6) is -0.213. The summed E-state index contributed by atoms with van der Waals surface area (Å²) in [4.78, 5) is 16.5. The van der Waals surface area contributed by atoms with Gasteiger partial charge in [0.1, 0.15) is 5.15 Å². The molecule has 6 heteroatoms. The number of halogens is 1. The van der Waals surface area contributed by atoms with Crippen LogP contribution < -0.4 is 5.32 Å². The lowest BCUT2D eigenvalue weighted by Crippen LogP contribution is -2.41. The first-order valence-electron chi connectivity index (χ1n) is 6.56. The van der Waals surface area contributed by atoms with Crippen LogP contribution in [0.25, 0.3) is 10.8 Å². The molecule has 0 saturated heterocycles. The number of amides is 1. The number of carbonyl (C=O) groups excluding carboxylic acids is 1. The van der Waals surface area contributed by atoms with Crippen molar-refractivity contribution >= 4 is 40.0 Å². The normalized spacial score (nSPS) is 13.9. The van der Waals surface area contributed by atoms with Gasteiger partial charge in [-0.05, 0) is 18.6 Å². The number of hydrogen-bond donors (Lipinski definition) is 2. The number of nitrogens with zero attached hydrogens (tertiary/aromatic N) is 1. The molecule has 1 aromatic carbocycles. The van der Waals surface area contributed by atoms with Crippen molar-refractivity contribution in [1.82, 2.24) is 10.3 Å². The molecule has 0 fully saturated rings. The summed E-state index contributed by atoms with van der Waals surface area (Å²) in [5.41, 5.74) is 0.486. The Morgan fingerprint density at radius 3 is 2.71 bits per heavy atom. The average Bonchev–Trinajstić information content (AvgIpc) is 2.49. The van der Waals surface area contributed by atoms with Crippen molar-refractivity contribution in [3.63, 3.8) is 0 Å². The number of thioether (sulfide) groups is 1. The van der Waals surface area contributed by atoms with E-state index in [1.165, 1.54) is 18.0 Å². The van der Waals surface area contributed by atoms with E-state index < -0.39 is 0 Å². The van der Waals surface area contributed by atoms with E-state index in [1.54, 1.807) is 0 Å². The summed E-state index contributed by atoms with van der Waals surface area (Å²) >= 11 is 7.58. The van der Waals surface area contributed by atoms with Gasteiger partial charge in [0.05, 0.1) is 12.2 Å². The molecule has 0 saturated carbocycles. The van der Waals surface area contributed by atoms with Gasteiger partial charge < -0.3 is 10.4 Å². The van der Waals surface area contributed by atoms with Crippen molar-refractivity contribution in [2.24, 2.45) is 0 Å². The largest absolute Gasteiger partial charge is 0.395 e. The molecule has 2 unspecified atom stereocenters. The highest BCUT2D eigenvalue weighted by Gasteiger charge is 2.20. The summed E-state index contributed by atoms with van der Waals surface area (Å²) in [5, 5.41) is 14.1. The number of fused-ring (bicyclic) bond motifs is 1. The third-order valence-corrected chi connectivity index (χ3v) is 4.85. The molecule has 2 N–H and O–H groups in total. The monoisotopic (exact) mass is 324 g/mol. The molecule has 0 aliphatic heterocycles. The highest BCUT2D eigenvalue weighted by molar-refractivity contribution is 7.99. The van der Waals surface area contributed by atoms with Gasteiger partial charge in [-0.1, -0.05) is 35.9 Å². The van der Waals surface area contributed by atoms with Gasteiger partial charge in [0.25, 0.3) is 5.91 Å². The lowest BCUT2D eigenvalue weighted by atomic mass is 10.1. The van der Waals surface area contributed by atoms with E-state index in [1.807, 2.05) is 37.4 Å². The maximum Gasteiger partial charge on any atom is 0.253 e. The lowest BCUT2D eigenvalue weighted by Gasteiger charge is -2.21. The van der Waals surface area contributed by atoms with E-state index in [0.29, 0.717) is 10.7 Å². The van der Waals surface area contributed by atoms with Crippen molar-refractivity contribution in [2.75, 3.05) is 12.9 Å². The smallest absolute Gasteiger partial charge is 0.253 e. The predicted octanol–water partition coefficient (Wildman–Crippen LogP) is 2.73. The van der Waals surface area contributed by atoms with Gasteiger partial charge in [-0.15, -0.1) is 0 Å². The Balaban J connectivity index is 2.30. The van der Waals surface area contributed by atoms with Crippen molar-refractivity contribution in [3.8, 4) is 0 Å². The van der Waals surface area contributed by atoms with Crippen molar-refractivity contribution < 1.29 is 9.90 Å². The van der Waals surface area contributed by atoms with Gasteiger partial charge in [0.2, 0.25) is 0 Å². The van der Waals surface area contributed by atoms with Gasteiger partial charge in [0.15, 0.2) is 0 Å². The van der Waals surface area contributed by atoms with Crippen LogP contribution in [0, 0.1) is 0 Å². The molecule has 0 bridgehead atoms. The second kappa shape index (κ2) is 7.11. The first kappa shape index (κ1) is 16.1. The van der Waals surface area contributed by atoms with Crippen LogP contribution in [0.4, 0.5) is 0 Å². The summed E-state index contributed by atoms with van der Waals surface area (Å²) in [6.45, 7) is 1.89. The fraction of sp³-hybridized carbons (Fsp3) is 0.333. The first-order valence-corrected chi connectivity index (χ1v) is 8.22. The summed E-state index contributed by atoms with van der Waals surface area (Å²) in [7, 11) is 0. The summed E-state index contributed by atoms with van der Waals surface area (Å²) in [6, 6.07) is 7.25. The lowest BCUT2D eigenvalue weighted by molar-refractivity contribution is 0.0937. The number of aliphatic hydroxyl groups excluding tert-OH is 1. The number of nitrogens with one attached hydrogen (secondary N) is 1. The topological polar surface area (TPSA) is 62.2 Å². The number of hydrogen-bond acceptors (Lipinski definition) is 4. The van der Waals surface area contributed by atoms with E-state index in [9.17, 15) is 9.90 Å². The van der Waals surface area contributed by atoms with Gasteiger partial charge in [-0.3, -0.25) is 4.79 Å². The summed E-state index contributed by atoms with van der Waals surface area (Å²) < 4.78 is 0. The van der Waals surface area contributed by atoms with Crippen LogP contribution in [0.3, 0.4) is 0 Å². The quantitative estimate of drug-likeness (QED) is 0.830. The van der Waals surface area contributed by atoms with Gasteiger partial charge in [-0.25, -0.2) is 4.98 Å². The van der Waals surface area contributed by atoms with Crippen LogP contribution >= 0.6 is 23.4 Å². The minimum Gasteiger partial charge on any atom is -0.395 e. The number of carbonyl (C=O) groups is 1. The zero-order valence-corrected chi connectivity index (χ0v) is 13.4. The molecule has 0 aliphatic carbocycles. The molecule has 0 radical (unpaired) electrons. The minimum atomic E-state index is -0.213. The van der Waals surface area contributed by atoms with Crippen LogP contribution in [0.1, 0.15) is 17.3 Å². The fourth-order valence-corrected chi connectivity index (χ4v) is 2.99. The van der Waals surface area contributed by atoms with Crippen LogP contribution in [-0.4, -0.2) is 40.2 Å². The minimum absolute atomic E-state index is 0.0161. The number of rotatable bonds is 5. The van der Waals surface area contributed by atoms with Crippen molar-refractivity contribution in [2.45, 2.75) is 18.2 Å². The maximum atomic E-state index is 12.4. The Labute approximate surface area is 132 Å². The molecule has 1 heterocycles. The van der Waals surface area contributed by atoms with E-state index in [0.717, 1.165) is 10.8 Å². The third kappa shape index (κ3) is 3.48. The number of aromatic nitrogens is 1. The molecule has 21 heavy (non-hydrogen) atoms. The molecule has 4 nitrogen and oxygen atoms in total. The Kier molecular flexibility index (Phi) is 5.45. The van der Waals surface area contributed by atoms with Gasteiger partial charge in [0, 0.05) is 22.9 Å². The van der Waals surface area contributed by atoms with Crippen LogP contribution in [-0.2, 0) is 0 Å². The summed E-state index contributed by atoms with van der Waals surface area (Å²) in [6.07, 6.45) is 3.39. The Bertz CT molecular complexity index is 647. The molecular formula is C15H17ClN2O2S. The first-order chi connectivity index (χ1) is 10.1.